The predicted molar refractivity (Wildman–Crippen MR) is 121 cm³/mol. The summed E-state index contributed by atoms with van der Waals surface area (Å²) in [5.41, 5.74) is 0.551. The lowest BCUT2D eigenvalue weighted by molar-refractivity contribution is -0.142. The van der Waals surface area contributed by atoms with Gasteiger partial charge < -0.3 is 9.47 Å². The molecule has 0 radical (unpaired) electrons. The molecule has 0 aliphatic heterocycles. The number of aromatic nitrogens is 2. The van der Waals surface area contributed by atoms with Crippen LogP contribution < -0.4 is 9.47 Å². The second-order valence-corrected chi connectivity index (χ2v) is 10.5. The maximum absolute atomic E-state index is 13.5. The molecule has 1 heterocycles. The molecule has 3 rings (SSSR count). The maximum atomic E-state index is 13.5. The molecule has 3 aromatic rings. The highest BCUT2D eigenvalue weighted by atomic mass is 32.2. The summed E-state index contributed by atoms with van der Waals surface area (Å²) in [5, 5.41) is 4.41. The molecule has 7 nitrogen and oxygen atoms in total. The van der Waals surface area contributed by atoms with Crippen molar-refractivity contribution >= 4 is 15.8 Å². The molecule has 0 saturated heterocycles. The molecule has 0 fully saturated rings. The van der Waals surface area contributed by atoms with Crippen LogP contribution in [0, 0.1) is 13.8 Å². The number of hydrogen-bond donors (Lipinski definition) is 0. The number of hydrogen-bond acceptors (Lipinski definition) is 6. The van der Waals surface area contributed by atoms with E-state index in [1.54, 1.807) is 50.2 Å². The van der Waals surface area contributed by atoms with Gasteiger partial charge in [0.1, 0.15) is 5.75 Å². The molecule has 0 amide bonds. The minimum Gasteiger partial charge on any atom is -0.479 e. The number of benzene rings is 2. The van der Waals surface area contributed by atoms with E-state index in [0.29, 0.717) is 5.75 Å². The quantitative estimate of drug-likeness (QED) is 0.509. The third kappa shape index (κ3) is 4.85. The summed E-state index contributed by atoms with van der Waals surface area (Å²) >= 11 is 0. The van der Waals surface area contributed by atoms with Crippen LogP contribution in [0.3, 0.4) is 0 Å². The van der Waals surface area contributed by atoms with Crippen molar-refractivity contribution in [1.82, 2.24) is 9.78 Å². The average Bonchev–Trinajstić information content (AvgIpc) is 3.06. The minimum absolute atomic E-state index is 0.102. The average molecular weight is 457 g/mol. The van der Waals surface area contributed by atoms with Gasteiger partial charge in [-0.1, -0.05) is 35.9 Å². The van der Waals surface area contributed by atoms with Gasteiger partial charge in [0.25, 0.3) is 0 Å². The highest BCUT2D eigenvalue weighted by molar-refractivity contribution is 7.91. The van der Waals surface area contributed by atoms with Crippen LogP contribution in [0.5, 0.6) is 11.6 Å². The number of rotatable bonds is 6. The van der Waals surface area contributed by atoms with Gasteiger partial charge in [-0.2, -0.15) is 5.10 Å². The molecule has 0 N–H and O–H groups in total. The molecule has 8 heteroatoms. The van der Waals surface area contributed by atoms with Crippen molar-refractivity contribution in [3.05, 3.63) is 65.9 Å². The Balaban J connectivity index is 2.04. The van der Waals surface area contributed by atoms with E-state index < -0.39 is 27.4 Å². The summed E-state index contributed by atoms with van der Waals surface area (Å²) in [7, 11) is -3.99. The molecule has 2 aromatic carbocycles. The molecule has 32 heavy (non-hydrogen) atoms. The highest BCUT2D eigenvalue weighted by Gasteiger charge is 2.35. The van der Waals surface area contributed by atoms with Crippen LogP contribution in [-0.4, -0.2) is 30.3 Å². The zero-order valence-corrected chi connectivity index (χ0v) is 19.9. The fourth-order valence-corrected chi connectivity index (χ4v) is 4.63. The second kappa shape index (κ2) is 8.78. The van der Waals surface area contributed by atoms with E-state index >= 15 is 0 Å². The molecule has 0 saturated carbocycles. The Bertz CT molecular complexity index is 1210. The van der Waals surface area contributed by atoms with Crippen LogP contribution in [0.4, 0.5) is 0 Å². The van der Waals surface area contributed by atoms with Gasteiger partial charge in [-0.25, -0.2) is 17.9 Å². The van der Waals surface area contributed by atoms with Crippen LogP contribution >= 0.6 is 0 Å². The summed E-state index contributed by atoms with van der Waals surface area (Å²) in [6, 6.07) is 15.4. The highest BCUT2D eigenvalue weighted by Crippen LogP contribution is 2.36. The Kier molecular flexibility index (Phi) is 6.46. The lowest BCUT2D eigenvalue weighted by Gasteiger charge is -2.23. The van der Waals surface area contributed by atoms with Crippen molar-refractivity contribution in [2.75, 3.05) is 0 Å². The molecule has 0 aliphatic rings. The van der Waals surface area contributed by atoms with E-state index in [-0.39, 0.29) is 21.4 Å². The summed E-state index contributed by atoms with van der Waals surface area (Å²) in [6.45, 7) is 10.6. The monoisotopic (exact) mass is 456 g/mol. The summed E-state index contributed by atoms with van der Waals surface area (Å²) in [5.74, 6) is -0.339. The van der Waals surface area contributed by atoms with Gasteiger partial charge >= 0.3 is 5.97 Å². The number of sulfone groups is 1. The van der Waals surface area contributed by atoms with Crippen molar-refractivity contribution in [1.29, 1.82) is 0 Å². The third-order valence-electron chi connectivity index (χ3n) is 4.79. The number of nitrogens with zero attached hydrogens (tertiary/aromatic N) is 2. The van der Waals surface area contributed by atoms with E-state index in [0.717, 1.165) is 5.56 Å². The van der Waals surface area contributed by atoms with Gasteiger partial charge in [0.15, 0.2) is 11.0 Å². The van der Waals surface area contributed by atoms with Crippen molar-refractivity contribution < 1.29 is 22.7 Å². The van der Waals surface area contributed by atoms with Crippen molar-refractivity contribution in [3.63, 3.8) is 0 Å². The Morgan fingerprint density at radius 2 is 1.59 bits per heavy atom. The first-order valence-corrected chi connectivity index (χ1v) is 11.7. The smallest absolute Gasteiger partial charge is 0.353 e. The first-order valence-electron chi connectivity index (χ1n) is 10.3. The lowest BCUT2D eigenvalue weighted by Crippen LogP contribution is -2.32. The lowest BCUT2D eigenvalue weighted by atomic mass is 10.1. The van der Waals surface area contributed by atoms with Gasteiger partial charge in [-0.05, 0) is 65.8 Å². The van der Waals surface area contributed by atoms with Crippen LogP contribution in [0.1, 0.15) is 39.0 Å². The minimum atomic E-state index is -3.99. The Hall–Kier alpha value is -3.13. The molecule has 0 spiro atoms. The number of carbonyl (C=O) groups is 1. The van der Waals surface area contributed by atoms with E-state index in [1.165, 1.54) is 16.8 Å². The molecule has 170 valence electrons. The SMILES string of the molecule is Cc1ccc(S(=O)(=O)c2c(C)nn(C(C)(C)C)c2OC(=O)[C@@H](C)Oc2ccccc2)cc1. The van der Waals surface area contributed by atoms with E-state index in [2.05, 4.69) is 5.10 Å². The van der Waals surface area contributed by atoms with Gasteiger partial charge in [0.2, 0.25) is 15.7 Å². The van der Waals surface area contributed by atoms with Crippen LogP contribution in [-0.2, 0) is 20.2 Å². The summed E-state index contributed by atoms with van der Waals surface area (Å²) in [6.07, 6.45) is -0.962. The molecule has 1 atom stereocenters. The first kappa shape index (κ1) is 23.5. The van der Waals surface area contributed by atoms with Crippen LogP contribution in [0.2, 0.25) is 0 Å². The molecule has 0 unspecified atom stereocenters. The molecular weight excluding hydrogens is 428 g/mol. The first-order chi connectivity index (χ1) is 14.9. The number of carbonyl (C=O) groups excluding carboxylic acids is 1. The van der Waals surface area contributed by atoms with E-state index in [9.17, 15) is 13.2 Å². The van der Waals surface area contributed by atoms with Crippen molar-refractivity contribution in [2.45, 2.75) is 63.0 Å². The zero-order valence-electron chi connectivity index (χ0n) is 19.1. The van der Waals surface area contributed by atoms with Gasteiger partial charge in [0, 0.05) is 0 Å². The van der Waals surface area contributed by atoms with Crippen molar-refractivity contribution in [3.8, 4) is 11.6 Å². The Labute approximate surface area is 188 Å². The predicted octanol–water partition coefficient (Wildman–Crippen LogP) is 4.46. The largest absolute Gasteiger partial charge is 0.479 e. The van der Waals surface area contributed by atoms with Gasteiger partial charge in [-0.15, -0.1) is 0 Å². The molecule has 1 aromatic heterocycles. The fourth-order valence-electron chi connectivity index (χ4n) is 3.11. The maximum Gasteiger partial charge on any atom is 0.353 e. The molecule has 0 bridgehead atoms. The molecule has 0 aliphatic carbocycles. The number of para-hydroxylation sites is 1. The number of aryl methyl sites for hydroxylation is 2. The zero-order chi connectivity index (χ0) is 23.7. The normalized spacial score (nSPS) is 12.9. The topological polar surface area (TPSA) is 87.5 Å². The van der Waals surface area contributed by atoms with Gasteiger partial charge in [-0.3, -0.25) is 0 Å². The van der Waals surface area contributed by atoms with E-state index in [4.69, 9.17) is 9.47 Å². The van der Waals surface area contributed by atoms with Crippen LogP contribution in [0.25, 0.3) is 0 Å². The summed E-state index contributed by atoms with van der Waals surface area (Å²) < 4.78 is 39.7. The number of ether oxygens (including phenoxy) is 2. The Morgan fingerprint density at radius 3 is 2.16 bits per heavy atom. The van der Waals surface area contributed by atoms with Gasteiger partial charge in [0.05, 0.1) is 16.1 Å². The van der Waals surface area contributed by atoms with Crippen LogP contribution in [0.15, 0.2) is 64.4 Å². The van der Waals surface area contributed by atoms with Crippen molar-refractivity contribution in [2.24, 2.45) is 0 Å². The fraction of sp³-hybridized carbons (Fsp3) is 0.333. The second-order valence-electron chi connectivity index (χ2n) is 8.61. The summed E-state index contributed by atoms with van der Waals surface area (Å²) in [4.78, 5) is 12.9. The van der Waals surface area contributed by atoms with E-state index in [1.807, 2.05) is 33.8 Å². The third-order valence-corrected chi connectivity index (χ3v) is 6.69. The molecular formula is C24H28N2O5S. The standard InChI is InChI=1S/C24H28N2O5S/c1-16-12-14-20(15-13-16)32(28,29)21-17(2)25-26(24(4,5)6)22(21)31-23(27)18(3)30-19-10-8-7-9-11-19/h7-15,18H,1-6H3/t18-/m1/s1. The number of esters is 1. The Morgan fingerprint density at radius 1 is 1.00 bits per heavy atom.